The highest BCUT2D eigenvalue weighted by Crippen LogP contribution is 2.25. The molecule has 0 saturated carbocycles. The second-order valence-electron chi connectivity index (χ2n) is 6.02. The topological polar surface area (TPSA) is 83.5 Å². The molecule has 1 aromatic rings. The Kier molecular flexibility index (Phi) is 6.35. The molecule has 130 valence electrons. The Balaban J connectivity index is 1.86. The van der Waals surface area contributed by atoms with Gasteiger partial charge in [0.25, 0.3) is 0 Å². The van der Waals surface area contributed by atoms with Gasteiger partial charge in [-0.2, -0.15) is 5.10 Å². The van der Waals surface area contributed by atoms with Crippen LogP contribution >= 0.6 is 0 Å². The summed E-state index contributed by atoms with van der Waals surface area (Å²) in [5.41, 5.74) is -0.152. The van der Waals surface area contributed by atoms with Crippen LogP contribution in [0.3, 0.4) is 0 Å². The van der Waals surface area contributed by atoms with E-state index in [4.69, 9.17) is 4.74 Å². The number of rotatable bonds is 7. The van der Waals surface area contributed by atoms with Crippen LogP contribution in [0.25, 0.3) is 0 Å². The largest absolute Gasteiger partial charge is 0.383 e. The molecule has 2 rings (SSSR count). The summed E-state index contributed by atoms with van der Waals surface area (Å²) in [6.07, 6.45) is 1.69. The number of piperidine rings is 1. The van der Waals surface area contributed by atoms with Gasteiger partial charge in [-0.25, -0.2) is 9.89 Å². The summed E-state index contributed by atoms with van der Waals surface area (Å²) in [4.78, 5) is 27.8. The van der Waals surface area contributed by atoms with Gasteiger partial charge in [0.1, 0.15) is 5.82 Å². The van der Waals surface area contributed by atoms with Crippen molar-refractivity contribution < 1.29 is 9.53 Å². The Morgan fingerprint density at radius 2 is 2.13 bits per heavy atom. The molecule has 0 bridgehead atoms. The molecule has 0 aromatic carbocycles. The fraction of sp³-hybridized carbons (Fsp3) is 0.800. The zero-order valence-electron chi connectivity index (χ0n) is 14.2. The molecular formula is C15H27N5O3. The van der Waals surface area contributed by atoms with Gasteiger partial charge >= 0.3 is 5.69 Å². The summed E-state index contributed by atoms with van der Waals surface area (Å²) < 4.78 is 6.70. The summed E-state index contributed by atoms with van der Waals surface area (Å²) in [5.74, 6) is 1.21. The Labute approximate surface area is 136 Å². The number of likely N-dealkylation sites (N-methyl/N-ethyl adjacent to an activating group) is 1. The van der Waals surface area contributed by atoms with Gasteiger partial charge in [-0.05, 0) is 26.8 Å². The smallest absolute Gasteiger partial charge is 0.343 e. The molecule has 1 N–H and O–H groups in total. The van der Waals surface area contributed by atoms with Gasteiger partial charge in [0.05, 0.1) is 13.2 Å². The maximum Gasteiger partial charge on any atom is 0.343 e. The monoisotopic (exact) mass is 325 g/mol. The Morgan fingerprint density at radius 1 is 1.43 bits per heavy atom. The minimum absolute atomic E-state index is 0.150. The van der Waals surface area contributed by atoms with Crippen molar-refractivity contribution in [2.24, 2.45) is 0 Å². The lowest BCUT2D eigenvalue weighted by molar-refractivity contribution is -0.133. The maximum absolute atomic E-state index is 12.3. The summed E-state index contributed by atoms with van der Waals surface area (Å²) in [5, 5.41) is 6.69. The summed E-state index contributed by atoms with van der Waals surface area (Å²) in [6, 6.07) is 0. The standard InChI is InChI=1S/C15H27N5O3/c1-4-20-14(16-17-15(20)22)12-5-7-19(8-6-12)13(21)11-18(2)9-10-23-3/h12H,4-11H2,1-3H3,(H,17,22). The molecule has 1 aromatic heterocycles. The third-order valence-corrected chi connectivity index (χ3v) is 4.40. The first-order valence-electron chi connectivity index (χ1n) is 8.17. The highest BCUT2D eigenvalue weighted by atomic mass is 16.5. The van der Waals surface area contributed by atoms with E-state index in [1.807, 2.05) is 23.8 Å². The second kappa shape index (κ2) is 8.26. The van der Waals surface area contributed by atoms with Gasteiger partial charge in [-0.1, -0.05) is 0 Å². The number of carbonyl (C=O) groups excluding carboxylic acids is 1. The molecule has 1 aliphatic rings. The van der Waals surface area contributed by atoms with Gasteiger partial charge in [-0.3, -0.25) is 14.3 Å². The van der Waals surface area contributed by atoms with E-state index in [2.05, 4.69) is 10.2 Å². The number of ether oxygens (including phenoxy) is 1. The minimum atomic E-state index is -0.152. The highest BCUT2D eigenvalue weighted by Gasteiger charge is 2.27. The predicted octanol–water partition coefficient (Wildman–Crippen LogP) is -0.124. The molecule has 8 nitrogen and oxygen atoms in total. The molecule has 1 amide bonds. The normalized spacial score (nSPS) is 16.3. The number of aromatic nitrogens is 3. The number of hydrogen-bond donors (Lipinski definition) is 1. The van der Waals surface area contributed by atoms with Gasteiger partial charge in [0, 0.05) is 39.2 Å². The van der Waals surface area contributed by atoms with Crippen LogP contribution in [0.4, 0.5) is 0 Å². The van der Waals surface area contributed by atoms with Crippen molar-refractivity contribution in [1.82, 2.24) is 24.6 Å². The highest BCUT2D eigenvalue weighted by molar-refractivity contribution is 5.78. The summed E-state index contributed by atoms with van der Waals surface area (Å²) >= 11 is 0. The maximum atomic E-state index is 12.3. The van der Waals surface area contributed by atoms with E-state index in [9.17, 15) is 9.59 Å². The molecule has 8 heteroatoms. The SMILES string of the molecule is CCn1c(C2CCN(C(=O)CN(C)CCOC)CC2)n[nH]c1=O. The lowest BCUT2D eigenvalue weighted by Crippen LogP contribution is -2.43. The van der Waals surface area contributed by atoms with Gasteiger partial charge < -0.3 is 9.64 Å². The fourth-order valence-corrected chi connectivity index (χ4v) is 2.99. The van der Waals surface area contributed by atoms with E-state index >= 15 is 0 Å². The number of H-pyrrole nitrogens is 1. The molecule has 0 aliphatic carbocycles. The molecule has 23 heavy (non-hydrogen) atoms. The first-order valence-corrected chi connectivity index (χ1v) is 8.17. The van der Waals surface area contributed by atoms with Gasteiger partial charge in [0.2, 0.25) is 5.91 Å². The first-order chi connectivity index (χ1) is 11.1. The van der Waals surface area contributed by atoms with Crippen molar-refractivity contribution in [1.29, 1.82) is 0 Å². The van der Waals surface area contributed by atoms with E-state index in [1.165, 1.54) is 0 Å². The van der Waals surface area contributed by atoms with E-state index in [-0.39, 0.29) is 17.5 Å². The summed E-state index contributed by atoms with van der Waals surface area (Å²) in [6.45, 7) is 5.77. The van der Waals surface area contributed by atoms with E-state index in [1.54, 1.807) is 11.7 Å². The predicted molar refractivity (Wildman–Crippen MR) is 86.4 cm³/mol. The van der Waals surface area contributed by atoms with Crippen molar-refractivity contribution in [3.63, 3.8) is 0 Å². The van der Waals surface area contributed by atoms with Crippen LogP contribution < -0.4 is 5.69 Å². The van der Waals surface area contributed by atoms with Crippen LogP contribution in [-0.2, 0) is 16.1 Å². The zero-order chi connectivity index (χ0) is 16.8. The molecule has 0 spiro atoms. The van der Waals surface area contributed by atoms with E-state index < -0.39 is 0 Å². The van der Waals surface area contributed by atoms with Crippen molar-refractivity contribution in [2.75, 3.05) is 46.9 Å². The van der Waals surface area contributed by atoms with E-state index in [0.29, 0.717) is 32.8 Å². The Bertz CT molecular complexity index is 560. The Hall–Kier alpha value is -1.67. The second-order valence-corrected chi connectivity index (χ2v) is 6.02. The first kappa shape index (κ1) is 17.7. The molecule has 0 unspecified atom stereocenters. The molecule has 0 atom stereocenters. The molecule has 0 radical (unpaired) electrons. The van der Waals surface area contributed by atoms with Crippen molar-refractivity contribution >= 4 is 5.91 Å². The Morgan fingerprint density at radius 3 is 2.74 bits per heavy atom. The number of methoxy groups -OCH3 is 1. The lowest BCUT2D eigenvalue weighted by atomic mass is 9.96. The molecular weight excluding hydrogens is 298 g/mol. The number of nitrogens with zero attached hydrogens (tertiary/aromatic N) is 4. The zero-order valence-corrected chi connectivity index (χ0v) is 14.2. The van der Waals surface area contributed by atoms with Crippen molar-refractivity contribution in [2.45, 2.75) is 32.2 Å². The number of nitrogens with one attached hydrogen (secondary N) is 1. The molecule has 1 saturated heterocycles. The van der Waals surface area contributed by atoms with Crippen molar-refractivity contribution in [3.05, 3.63) is 16.3 Å². The van der Waals surface area contributed by atoms with Gasteiger partial charge in [-0.15, -0.1) is 0 Å². The number of likely N-dealkylation sites (tertiary alicyclic amines) is 1. The lowest BCUT2D eigenvalue weighted by Gasteiger charge is -2.32. The van der Waals surface area contributed by atoms with E-state index in [0.717, 1.165) is 25.2 Å². The average molecular weight is 325 g/mol. The third kappa shape index (κ3) is 4.42. The van der Waals surface area contributed by atoms with Crippen molar-refractivity contribution in [3.8, 4) is 0 Å². The van der Waals surface area contributed by atoms with Crippen LogP contribution in [0, 0.1) is 0 Å². The van der Waals surface area contributed by atoms with Crippen LogP contribution in [-0.4, -0.2) is 77.4 Å². The van der Waals surface area contributed by atoms with Crippen LogP contribution in [0.5, 0.6) is 0 Å². The minimum Gasteiger partial charge on any atom is -0.383 e. The number of hydrogen-bond acceptors (Lipinski definition) is 5. The quantitative estimate of drug-likeness (QED) is 0.755. The number of carbonyl (C=O) groups is 1. The van der Waals surface area contributed by atoms with Crippen LogP contribution in [0.2, 0.25) is 0 Å². The van der Waals surface area contributed by atoms with Gasteiger partial charge in [0.15, 0.2) is 0 Å². The third-order valence-electron chi connectivity index (χ3n) is 4.40. The number of amides is 1. The fourth-order valence-electron chi connectivity index (χ4n) is 2.99. The molecule has 1 fully saturated rings. The van der Waals surface area contributed by atoms with Crippen LogP contribution in [0.1, 0.15) is 31.5 Å². The average Bonchev–Trinajstić information content (AvgIpc) is 2.93. The molecule has 2 heterocycles. The molecule has 1 aliphatic heterocycles. The number of aromatic amines is 1. The summed E-state index contributed by atoms with van der Waals surface area (Å²) in [7, 11) is 3.58. The van der Waals surface area contributed by atoms with Crippen LogP contribution in [0.15, 0.2) is 4.79 Å².